The summed E-state index contributed by atoms with van der Waals surface area (Å²) in [5, 5.41) is 0.328. The zero-order valence-corrected chi connectivity index (χ0v) is 15.9. The van der Waals surface area contributed by atoms with E-state index in [-0.39, 0.29) is 11.3 Å². The molecule has 7 heteroatoms. The minimum atomic E-state index is -0.611. The molecule has 0 heterocycles. The molecule has 0 saturated carbocycles. The highest BCUT2D eigenvalue weighted by Crippen LogP contribution is 2.40. The van der Waals surface area contributed by atoms with Crippen LogP contribution in [0, 0.1) is 6.92 Å². The molecule has 0 aliphatic rings. The molecule has 0 N–H and O–H groups in total. The van der Waals surface area contributed by atoms with Crippen molar-refractivity contribution in [2.75, 3.05) is 21.3 Å². The van der Waals surface area contributed by atoms with Gasteiger partial charge < -0.3 is 18.9 Å². The monoisotopic (exact) mass is 414 g/mol. The van der Waals surface area contributed by atoms with E-state index < -0.39 is 5.97 Å². The van der Waals surface area contributed by atoms with Crippen LogP contribution in [0.3, 0.4) is 0 Å². The zero-order valence-electron chi connectivity index (χ0n) is 13.6. The molecule has 2 rings (SSSR count). The van der Waals surface area contributed by atoms with Gasteiger partial charge in [-0.2, -0.15) is 0 Å². The van der Waals surface area contributed by atoms with Gasteiger partial charge >= 0.3 is 5.97 Å². The molecule has 0 unspecified atom stereocenters. The van der Waals surface area contributed by atoms with Gasteiger partial charge in [0.05, 0.1) is 26.4 Å². The van der Waals surface area contributed by atoms with Crippen molar-refractivity contribution < 1.29 is 23.7 Å². The molecule has 0 fully saturated rings. The van der Waals surface area contributed by atoms with E-state index in [0.717, 1.165) is 10.0 Å². The van der Waals surface area contributed by atoms with Crippen molar-refractivity contribution in [3.63, 3.8) is 0 Å². The lowest BCUT2D eigenvalue weighted by Gasteiger charge is -2.16. The molecule has 0 aliphatic heterocycles. The summed E-state index contributed by atoms with van der Waals surface area (Å²) in [6.45, 7) is 1.80. The maximum absolute atomic E-state index is 12.6. The minimum absolute atomic E-state index is 0.202. The van der Waals surface area contributed by atoms with Crippen LogP contribution >= 0.6 is 27.5 Å². The normalized spacial score (nSPS) is 10.2. The van der Waals surface area contributed by atoms with E-state index in [1.165, 1.54) is 21.3 Å². The van der Waals surface area contributed by atoms with E-state index in [1.807, 2.05) is 0 Å². The second kappa shape index (κ2) is 7.77. The maximum Gasteiger partial charge on any atom is 0.347 e. The van der Waals surface area contributed by atoms with Gasteiger partial charge in [-0.25, -0.2) is 4.79 Å². The van der Waals surface area contributed by atoms with Crippen molar-refractivity contribution in [3.8, 4) is 23.0 Å². The van der Waals surface area contributed by atoms with Crippen LogP contribution in [0.4, 0.5) is 0 Å². The molecule has 0 aliphatic carbocycles. The van der Waals surface area contributed by atoms with Gasteiger partial charge in [-0.05, 0) is 36.8 Å². The number of ether oxygens (including phenoxy) is 4. The summed E-state index contributed by atoms with van der Waals surface area (Å²) in [5.41, 5.74) is 0.927. The molecule has 2 aromatic carbocycles. The number of methoxy groups -OCH3 is 3. The molecule has 0 spiro atoms. The Balaban J connectivity index is 2.44. The number of rotatable bonds is 5. The summed E-state index contributed by atoms with van der Waals surface area (Å²) >= 11 is 9.50. The first-order valence-corrected chi connectivity index (χ1v) is 8.06. The smallest absolute Gasteiger partial charge is 0.347 e. The number of aryl methyl sites for hydroxylation is 1. The maximum atomic E-state index is 12.6. The number of carbonyl (C=O) groups is 1. The number of hydrogen-bond donors (Lipinski definition) is 0. The van der Waals surface area contributed by atoms with E-state index >= 15 is 0 Å². The van der Waals surface area contributed by atoms with Gasteiger partial charge in [0.15, 0.2) is 17.2 Å². The van der Waals surface area contributed by atoms with Crippen LogP contribution in [0.1, 0.15) is 15.9 Å². The highest BCUT2D eigenvalue weighted by molar-refractivity contribution is 9.10. The average Bonchev–Trinajstić information content (AvgIpc) is 2.56. The summed E-state index contributed by atoms with van der Waals surface area (Å²) in [6.07, 6.45) is 0. The van der Waals surface area contributed by atoms with E-state index in [4.69, 9.17) is 30.5 Å². The predicted octanol–water partition coefficient (Wildman–Crippen LogP) is 4.66. The van der Waals surface area contributed by atoms with Gasteiger partial charge in [0.2, 0.25) is 5.75 Å². The Bertz CT molecular complexity index is 753. The van der Waals surface area contributed by atoms with Crippen molar-refractivity contribution in [1.82, 2.24) is 0 Å². The Kier molecular flexibility index (Phi) is 5.96. The van der Waals surface area contributed by atoms with E-state index in [9.17, 15) is 4.79 Å². The molecule has 2 aromatic rings. The van der Waals surface area contributed by atoms with Crippen molar-refractivity contribution in [2.24, 2.45) is 0 Å². The van der Waals surface area contributed by atoms with Gasteiger partial charge in [-0.3, -0.25) is 0 Å². The van der Waals surface area contributed by atoms with Crippen molar-refractivity contribution in [3.05, 3.63) is 44.9 Å². The fourth-order valence-corrected chi connectivity index (χ4v) is 3.24. The second-order valence-corrected chi connectivity index (χ2v) is 6.13. The predicted molar refractivity (Wildman–Crippen MR) is 94.9 cm³/mol. The van der Waals surface area contributed by atoms with Crippen LogP contribution in [-0.4, -0.2) is 27.3 Å². The van der Waals surface area contributed by atoms with Crippen LogP contribution in [0.25, 0.3) is 0 Å². The summed E-state index contributed by atoms with van der Waals surface area (Å²) < 4.78 is 22.0. The van der Waals surface area contributed by atoms with E-state index in [1.54, 1.807) is 31.2 Å². The molecule has 0 atom stereocenters. The summed E-state index contributed by atoms with van der Waals surface area (Å²) in [6, 6.07) is 6.61. The van der Waals surface area contributed by atoms with Gasteiger partial charge in [-0.1, -0.05) is 27.5 Å². The first kappa shape index (κ1) is 18.4. The third kappa shape index (κ3) is 3.60. The van der Waals surface area contributed by atoms with Gasteiger partial charge in [0, 0.05) is 4.47 Å². The van der Waals surface area contributed by atoms with Gasteiger partial charge in [0.25, 0.3) is 0 Å². The first-order chi connectivity index (χ1) is 11.4. The zero-order chi connectivity index (χ0) is 17.9. The van der Waals surface area contributed by atoms with Crippen LogP contribution in [0.5, 0.6) is 23.0 Å². The third-order valence-corrected chi connectivity index (χ3v) is 4.05. The molecule has 0 aromatic heterocycles. The highest BCUT2D eigenvalue weighted by Gasteiger charge is 2.23. The standard InChI is InChI=1S/C17H16BrClO5/c1-9-7-10(18)8-12(19)14(9)24-17(20)11-5-6-13(21-2)16(23-4)15(11)22-3/h5-8H,1-4H3. The molecule has 128 valence electrons. The topological polar surface area (TPSA) is 54.0 Å². The Hall–Kier alpha value is -1.92. The molecular formula is C17H16BrClO5. The van der Waals surface area contributed by atoms with Gasteiger partial charge in [-0.15, -0.1) is 0 Å². The molecule has 24 heavy (non-hydrogen) atoms. The Morgan fingerprint density at radius 3 is 2.21 bits per heavy atom. The summed E-state index contributed by atoms with van der Waals surface area (Å²) in [5.74, 6) is 0.673. The Morgan fingerprint density at radius 2 is 1.67 bits per heavy atom. The summed E-state index contributed by atoms with van der Waals surface area (Å²) in [7, 11) is 4.40. The van der Waals surface area contributed by atoms with Crippen molar-refractivity contribution in [1.29, 1.82) is 0 Å². The molecule has 0 bridgehead atoms. The van der Waals surface area contributed by atoms with Crippen LogP contribution in [-0.2, 0) is 0 Å². The number of halogens is 2. The number of carbonyl (C=O) groups excluding carboxylic acids is 1. The third-order valence-electron chi connectivity index (χ3n) is 3.31. The lowest BCUT2D eigenvalue weighted by molar-refractivity contribution is 0.0729. The van der Waals surface area contributed by atoms with Gasteiger partial charge in [0.1, 0.15) is 5.56 Å². The quantitative estimate of drug-likeness (QED) is 0.525. The average molecular weight is 416 g/mol. The van der Waals surface area contributed by atoms with E-state index in [0.29, 0.717) is 22.3 Å². The lowest BCUT2D eigenvalue weighted by Crippen LogP contribution is -2.12. The largest absolute Gasteiger partial charge is 0.493 e. The SMILES string of the molecule is COc1ccc(C(=O)Oc2c(C)cc(Br)cc2Cl)c(OC)c1OC. The number of hydrogen-bond acceptors (Lipinski definition) is 5. The first-order valence-electron chi connectivity index (χ1n) is 6.89. The van der Waals surface area contributed by atoms with Crippen molar-refractivity contribution in [2.45, 2.75) is 6.92 Å². The van der Waals surface area contributed by atoms with Crippen molar-refractivity contribution >= 4 is 33.5 Å². The molecule has 0 amide bonds. The Morgan fingerprint density at radius 1 is 1.00 bits per heavy atom. The lowest BCUT2D eigenvalue weighted by atomic mass is 10.1. The highest BCUT2D eigenvalue weighted by atomic mass is 79.9. The van der Waals surface area contributed by atoms with E-state index in [2.05, 4.69) is 15.9 Å². The molecule has 0 saturated heterocycles. The molecular weight excluding hydrogens is 400 g/mol. The van der Waals surface area contributed by atoms with Crippen LogP contribution in [0.15, 0.2) is 28.7 Å². The Labute approximate surface area is 153 Å². The fraction of sp³-hybridized carbons (Fsp3) is 0.235. The van der Waals surface area contributed by atoms with Crippen LogP contribution in [0.2, 0.25) is 5.02 Å². The molecule has 5 nitrogen and oxygen atoms in total. The van der Waals surface area contributed by atoms with Crippen LogP contribution < -0.4 is 18.9 Å². The fourth-order valence-electron chi connectivity index (χ4n) is 2.23. The summed E-state index contributed by atoms with van der Waals surface area (Å²) in [4.78, 5) is 12.6. The molecule has 0 radical (unpaired) electrons. The minimum Gasteiger partial charge on any atom is -0.493 e. The number of esters is 1. The second-order valence-electron chi connectivity index (χ2n) is 4.81. The number of benzene rings is 2.